The molecular formula is C7H12N2O4. The summed E-state index contributed by atoms with van der Waals surface area (Å²) in [5, 5.41) is 12.8. The van der Waals surface area contributed by atoms with E-state index in [1.54, 1.807) is 0 Å². The van der Waals surface area contributed by atoms with Crippen LogP contribution in [0.25, 0.3) is 0 Å². The molecule has 0 fully saturated rings. The standard InChI is InChI=1S/C7H12N2O4/c1-4(7(12)13)9-6(11)3-8-5(2)10/h4H,3H2,1-2H3,(H,8,10)(H,9,11)(H,12,13)/t4-/m0/s1. The van der Waals surface area contributed by atoms with E-state index in [2.05, 4.69) is 10.6 Å². The number of carbonyl (C=O) groups excluding carboxylic acids is 2. The molecule has 0 saturated heterocycles. The van der Waals surface area contributed by atoms with Gasteiger partial charge in [-0.15, -0.1) is 0 Å². The Morgan fingerprint density at radius 1 is 1.38 bits per heavy atom. The maximum absolute atomic E-state index is 10.9. The van der Waals surface area contributed by atoms with Gasteiger partial charge >= 0.3 is 5.97 Å². The van der Waals surface area contributed by atoms with Crippen LogP contribution in [-0.2, 0) is 14.4 Å². The van der Waals surface area contributed by atoms with Crippen LogP contribution in [0.1, 0.15) is 13.8 Å². The van der Waals surface area contributed by atoms with Crippen LogP contribution in [0, 0.1) is 0 Å². The molecule has 0 aromatic carbocycles. The Bertz CT molecular complexity index is 227. The molecule has 0 aliphatic rings. The van der Waals surface area contributed by atoms with E-state index >= 15 is 0 Å². The van der Waals surface area contributed by atoms with Gasteiger partial charge in [0.2, 0.25) is 11.8 Å². The molecule has 0 aliphatic carbocycles. The van der Waals surface area contributed by atoms with Gasteiger partial charge in [0.1, 0.15) is 6.04 Å². The zero-order valence-corrected chi connectivity index (χ0v) is 7.46. The first-order valence-electron chi connectivity index (χ1n) is 3.70. The summed E-state index contributed by atoms with van der Waals surface area (Å²) in [5.41, 5.74) is 0. The fourth-order valence-corrected chi connectivity index (χ4v) is 0.559. The van der Waals surface area contributed by atoms with Gasteiger partial charge < -0.3 is 15.7 Å². The molecule has 74 valence electrons. The van der Waals surface area contributed by atoms with E-state index < -0.39 is 17.9 Å². The van der Waals surface area contributed by atoms with Gasteiger partial charge in [-0.1, -0.05) is 0 Å². The van der Waals surface area contributed by atoms with Gasteiger partial charge in [-0.2, -0.15) is 0 Å². The summed E-state index contributed by atoms with van der Waals surface area (Å²) in [6.45, 7) is 2.41. The van der Waals surface area contributed by atoms with Crippen LogP contribution in [0.2, 0.25) is 0 Å². The lowest BCUT2D eigenvalue weighted by Crippen LogP contribution is -2.43. The molecule has 0 saturated carbocycles. The van der Waals surface area contributed by atoms with Crippen molar-refractivity contribution in [3.8, 4) is 0 Å². The third-order valence-corrected chi connectivity index (χ3v) is 1.25. The summed E-state index contributed by atoms with van der Waals surface area (Å²) < 4.78 is 0. The third kappa shape index (κ3) is 5.66. The smallest absolute Gasteiger partial charge is 0.325 e. The fourth-order valence-electron chi connectivity index (χ4n) is 0.559. The molecule has 6 nitrogen and oxygen atoms in total. The molecule has 0 bridgehead atoms. The third-order valence-electron chi connectivity index (χ3n) is 1.25. The quantitative estimate of drug-likeness (QED) is 0.511. The van der Waals surface area contributed by atoms with Crippen molar-refractivity contribution in [2.45, 2.75) is 19.9 Å². The van der Waals surface area contributed by atoms with Gasteiger partial charge in [0, 0.05) is 6.92 Å². The minimum Gasteiger partial charge on any atom is -0.480 e. The maximum Gasteiger partial charge on any atom is 0.325 e. The van der Waals surface area contributed by atoms with Crippen LogP contribution >= 0.6 is 0 Å². The zero-order chi connectivity index (χ0) is 10.4. The predicted octanol–water partition coefficient (Wildman–Crippen LogP) is -1.29. The van der Waals surface area contributed by atoms with E-state index in [1.165, 1.54) is 13.8 Å². The SMILES string of the molecule is CC(=O)NCC(=O)N[C@@H](C)C(=O)O. The van der Waals surface area contributed by atoms with Crippen molar-refractivity contribution in [3.63, 3.8) is 0 Å². The predicted molar refractivity (Wildman–Crippen MR) is 43.9 cm³/mol. The van der Waals surface area contributed by atoms with E-state index in [0.717, 1.165) is 0 Å². The van der Waals surface area contributed by atoms with Crippen LogP contribution < -0.4 is 10.6 Å². The van der Waals surface area contributed by atoms with Crippen molar-refractivity contribution in [2.24, 2.45) is 0 Å². The number of amides is 2. The Hall–Kier alpha value is -1.59. The molecule has 0 unspecified atom stereocenters. The summed E-state index contributed by atoms with van der Waals surface area (Å²) in [4.78, 5) is 31.5. The minimum atomic E-state index is -1.11. The Kier molecular flexibility index (Phi) is 4.50. The maximum atomic E-state index is 10.9. The van der Waals surface area contributed by atoms with Crippen LogP contribution in [0.4, 0.5) is 0 Å². The highest BCUT2D eigenvalue weighted by molar-refractivity contribution is 5.87. The van der Waals surface area contributed by atoms with Crippen LogP contribution in [0.5, 0.6) is 0 Å². The summed E-state index contributed by atoms with van der Waals surface area (Å²) >= 11 is 0. The van der Waals surface area contributed by atoms with Crippen molar-refractivity contribution < 1.29 is 19.5 Å². The van der Waals surface area contributed by atoms with E-state index in [9.17, 15) is 14.4 Å². The fraction of sp³-hybridized carbons (Fsp3) is 0.571. The van der Waals surface area contributed by atoms with E-state index in [-0.39, 0.29) is 12.5 Å². The summed E-state index contributed by atoms with van der Waals surface area (Å²) in [7, 11) is 0. The molecule has 0 rings (SSSR count). The number of carbonyl (C=O) groups is 3. The number of carboxylic acids is 1. The van der Waals surface area contributed by atoms with Crippen LogP contribution in [0.15, 0.2) is 0 Å². The lowest BCUT2D eigenvalue weighted by Gasteiger charge is -2.08. The number of rotatable bonds is 4. The lowest BCUT2D eigenvalue weighted by atomic mass is 10.3. The Morgan fingerprint density at radius 3 is 2.31 bits per heavy atom. The Morgan fingerprint density at radius 2 is 1.92 bits per heavy atom. The van der Waals surface area contributed by atoms with E-state index in [1.807, 2.05) is 0 Å². The van der Waals surface area contributed by atoms with Crippen molar-refractivity contribution in [2.75, 3.05) is 6.54 Å². The average molecular weight is 188 g/mol. The second-order valence-electron chi connectivity index (χ2n) is 2.54. The highest BCUT2D eigenvalue weighted by Crippen LogP contribution is 1.79. The summed E-state index contributed by atoms with van der Waals surface area (Å²) in [6, 6.07) is -0.943. The molecule has 6 heteroatoms. The van der Waals surface area contributed by atoms with Gasteiger partial charge in [0.05, 0.1) is 6.54 Å². The van der Waals surface area contributed by atoms with Gasteiger partial charge in [-0.25, -0.2) is 0 Å². The van der Waals surface area contributed by atoms with Gasteiger partial charge in [0.25, 0.3) is 0 Å². The molecule has 3 N–H and O–H groups in total. The van der Waals surface area contributed by atoms with Crippen molar-refractivity contribution in [1.29, 1.82) is 0 Å². The van der Waals surface area contributed by atoms with Gasteiger partial charge in [-0.05, 0) is 6.92 Å². The molecule has 0 aromatic rings. The summed E-state index contributed by atoms with van der Waals surface area (Å²) in [5.74, 6) is -1.97. The zero-order valence-electron chi connectivity index (χ0n) is 7.46. The molecule has 2 amide bonds. The van der Waals surface area contributed by atoms with E-state index in [0.29, 0.717) is 0 Å². The van der Waals surface area contributed by atoms with Gasteiger partial charge in [-0.3, -0.25) is 14.4 Å². The first-order chi connectivity index (χ1) is 5.93. The van der Waals surface area contributed by atoms with Crippen molar-refractivity contribution in [1.82, 2.24) is 10.6 Å². The monoisotopic (exact) mass is 188 g/mol. The molecule has 13 heavy (non-hydrogen) atoms. The molecule has 0 aromatic heterocycles. The average Bonchev–Trinajstić information content (AvgIpc) is 2.00. The minimum absolute atomic E-state index is 0.201. The van der Waals surface area contributed by atoms with Crippen LogP contribution in [0.3, 0.4) is 0 Å². The Labute approximate surface area is 75.3 Å². The highest BCUT2D eigenvalue weighted by atomic mass is 16.4. The van der Waals surface area contributed by atoms with Crippen molar-refractivity contribution in [3.05, 3.63) is 0 Å². The number of carboxylic acid groups (broad SMARTS) is 1. The van der Waals surface area contributed by atoms with E-state index in [4.69, 9.17) is 5.11 Å². The second-order valence-corrected chi connectivity index (χ2v) is 2.54. The summed E-state index contributed by atoms with van der Waals surface area (Å²) in [6.07, 6.45) is 0. The lowest BCUT2D eigenvalue weighted by molar-refractivity contribution is -0.141. The molecule has 0 radical (unpaired) electrons. The van der Waals surface area contributed by atoms with Crippen molar-refractivity contribution >= 4 is 17.8 Å². The first kappa shape index (κ1) is 11.4. The molecule has 0 spiro atoms. The first-order valence-corrected chi connectivity index (χ1v) is 3.70. The molecule has 0 heterocycles. The molecular weight excluding hydrogens is 176 g/mol. The number of hydrogen-bond acceptors (Lipinski definition) is 3. The highest BCUT2D eigenvalue weighted by Gasteiger charge is 2.13. The molecule has 1 atom stereocenters. The normalized spacial score (nSPS) is 11.5. The number of nitrogens with one attached hydrogen (secondary N) is 2. The number of aliphatic carboxylic acids is 1. The largest absolute Gasteiger partial charge is 0.480 e. The van der Waals surface area contributed by atoms with Gasteiger partial charge in [0.15, 0.2) is 0 Å². The second kappa shape index (κ2) is 5.13. The van der Waals surface area contributed by atoms with Crippen LogP contribution in [-0.4, -0.2) is 35.5 Å². The molecule has 0 aliphatic heterocycles. The topological polar surface area (TPSA) is 95.5 Å². The Balaban J connectivity index is 3.74. The number of hydrogen-bond donors (Lipinski definition) is 3.